The molecule has 13 nitrogen and oxygen atoms in total. The van der Waals surface area contributed by atoms with Crippen LogP contribution in [0.25, 0.3) is 17.0 Å². The van der Waals surface area contributed by atoms with E-state index in [2.05, 4.69) is 68.4 Å². The number of fused-ring (bicyclic) bond motifs is 3. The van der Waals surface area contributed by atoms with Gasteiger partial charge in [0.25, 0.3) is 0 Å². The zero-order valence-electron chi connectivity index (χ0n) is 36.4. The van der Waals surface area contributed by atoms with Gasteiger partial charge in [-0.1, -0.05) is 84.9 Å². The van der Waals surface area contributed by atoms with Crippen molar-refractivity contribution >= 4 is 41.0 Å². The topological polar surface area (TPSA) is 171 Å². The summed E-state index contributed by atoms with van der Waals surface area (Å²) in [5.41, 5.74) is 4.02. The van der Waals surface area contributed by atoms with E-state index in [1.54, 1.807) is 40.8 Å². The number of piperidine rings is 1. The van der Waals surface area contributed by atoms with Gasteiger partial charge in [-0.15, -0.1) is 0 Å². The van der Waals surface area contributed by atoms with Gasteiger partial charge in [-0.05, 0) is 95.0 Å². The van der Waals surface area contributed by atoms with Gasteiger partial charge in [0.15, 0.2) is 0 Å². The molecule has 62 heavy (non-hydrogen) atoms. The Morgan fingerprint density at radius 1 is 0.887 bits per heavy atom. The Labute approximate surface area is 363 Å². The minimum atomic E-state index is -1.16. The van der Waals surface area contributed by atoms with Gasteiger partial charge in [0.05, 0.1) is 11.5 Å². The quantitative estimate of drug-likeness (QED) is 0.0523. The molecular formula is C49H59N7O6. The number of aromatic amines is 2. The van der Waals surface area contributed by atoms with Gasteiger partial charge < -0.3 is 40.3 Å². The van der Waals surface area contributed by atoms with E-state index in [0.29, 0.717) is 56.8 Å². The van der Waals surface area contributed by atoms with Gasteiger partial charge in [0.1, 0.15) is 24.1 Å². The molecule has 13 heteroatoms. The smallest absolute Gasteiger partial charge is 0.407 e. The van der Waals surface area contributed by atoms with Crippen LogP contribution in [0.15, 0.2) is 97.3 Å². The maximum absolute atomic E-state index is 14.1. The molecule has 0 saturated carbocycles. The molecule has 1 fully saturated rings. The monoisotopic (exact) mass is 841 g/mol. The zero-order valence-corrected chi connectivity index (χ0v) is 36.4. The van der Waals surface area contributed by atoms with Gasteiger partial charge in [-0.2, -0.15) is 0 Å². The van der Waals surface area contributed by atoms with Crippen LogP contribution in [0.2, 0.25) is 0 Å². The Balaban J connectivity index is 1.01. The molecule has 1 saturated heterocycles. The molecule has 3 aromatic carbocycles. The van der Waals surface area contributed by atoms with Gasteiger partial charge in [0, 0.05) is 60.5 Å². The van der Waals surface area contributed by atoms with E-state index in [1.165, 1.54) is 11.1 Å². The summed E-state index contributed by atoms with van der Waals surface area (Å²) in [6.45, 7) is 10.6. The lowest BCUT2D eigenvalue weighted by molar-refractivity contribution is -0.159. The Hall–Kier alpha value is -6.37. The van der Waals surface area contributed by atoms with Gasteiger partial charge in [0.2, 0.25) is 5.91 Å². The minimum Gasteiger partial charge on any atom is -0.458 e. The Kier molecular flexibility index (Phi) is 13.2. The molecule has 1 aliphatic carbocycles. The van der Waals surface area contributed by atoms with Crippen LogP contribution in [0.5, 0.6) is 0 Å². The summed E-state index contributed by atoms with van der Waals surface area (Å²) < 4.78 is 11.0. The fourth-order valence-electron chi connectivity index (χ4n) is 8.31. The standard InChI is InChI=1S/C49H59N7O6/c1-47(2,3)62-43(57)39(21-13-14-26-50-46(60)61-32-33-15-7-6-8-16-33)53-44(58)48(4,5)41-31-52-42(55-41)40(29-35-30-51-38-20-12-10-18-36(35)38)54-45(59)56-27-24-49(25-28-56)23-22-34-17-9-11-19-37(34)49/h6-12,15-20,22-23,30-31,39-40,51H,13-14,21,24-29,32H2,1-5H3,(H,50,60)(H,52,55)(H,53,58)(H,54,59)/t39-,40-/m1/s1. The number of alkyl carbamates (subject to hydrolysis) is 1. The average Bonchev–Trinajstić information content (AvgIpc) is 4.01. The van der Waals surface area contributed by atoms with Crippen LogP contribution in [0, 0.1) is 0 Å². The molecule has 0 radical (unpaired) electrons. The summed E-state index contributed by atoms with van der Waals surface area (Å²) in [5, 5.41) is 10.0. The largest absolute Gasteiger partial charge is 0.458 e. The third kappa shape index (κ3) is 10.4. The van der Waals surface area contributed by atoms with Crippen molar-refractivity contribution in [3.05, 3.63) is 131 Å². The molecule has 7 rings (SSSR count). The van der Waals surface area contributed by atoms with Crippen LogP contribution in [0.1, 0.15) is 107 Å². The van der Waals surface area contributed by atoms with Gasteiger partial charge in [-0.3, -0.25) is 4.79 Å². The number of imidazole rings is 1. The number of nitrogens with one attached hydrogen (secondary N) is 5. The van der Waals surface area contributed by atoms with Crippen molar-refractivity contribution in [2.24, 2.45) is 0 Å². The first kappa shape index (κ1) is 43.7. The first-order valence-corrected chi connectivity index (χ1v) is 21.6. The minimum absolute atomic E-state index is 0.0584. The third-order valence-corrected chi connectivity index (χ3v) is 12.0. The first-order chi connectivity index (χ1) is 29.7. The number of para-hydroxylation sites is 1. The van der Waals surface area contributed by atoms with Gasteiger partial charge in [-0.25, -0.2) is 19.4 Å². The number of benzene rings is 3. The van der Waals surface area contributed by atoms with E-state index >= 15 is 0 Å². The van der Waals surface area contributed by atoms with Crippen LogP contribution in [-0.4, -0.2) is 75.1 Å². The SMILES string of the molecule is CC(C)(C)OC(=O)[C@@H](CCCCNC(=O)OCc1ccccc1)NC(=O)C(C)(C)c1cnc([C@@H](Cc2c[nH]c3ccccc23)NC(=O)N2CCC3(C=Cc4ccccc43)CC2)[nH]1. The number of rotatable bonds is 15. The highest BCUT2D eigenvalue weighted by atomic mass is 16.6. The summed E-state index contributed by atoms with van der Waals surface area (Å²) in [6, 6.07) is 24.3. The van der Waals surface area contributed by atoms with Crippen LogP contribution in [-0.2, 0) is 42.9 Å². The summed E-state index contributed by atoms with van der Waals surface area (Å²) in [4.78, 5) is 67.3. The van der Waals surface area contributed by atoms with E-state index in [1.807, 2.05) is 59.6 Å². The number of allylic oxidation sites excluding steroid dienone is 1. The lowest BCUT2D eigenvalue weighted by Gasteiger charge is -2.39. The fraction of sp³-hybridized carbons (Fsp3) is 0.408. The zero-order chi connectivity index (χ0) is 43.9. The number of unbranched alkanes of at least 4 members (excludes halogenated alkanes) is 1. The average molecular weight is 842 g/mol. The van der Waals surface area contributed by atoms with Crippen LogP contribution < -0.4 is 16.0 Å². The second-order valence-electron chi connectivity index (χ2n) is 18.0. The number of amides is 4. The van der Waals surface area contributed by atoms with Crippen molar-refractivity contribution in [2.45, 2.75) is 108 Å². The number of urea groups is 1. The predicted octanol–water partition coefficient (Wildman–Crippen LogP) is 8.15. The van der Waals surface area contributed by atoms with E-state index in [4.69, 9.17) is 14.5 Å². The van der Waals surface area contributed by atoms with Crippen molar-refractivity contribution in [3.8, 4) is 0 Å². The highest BCUT2D eigenvalue weighted by Crippen LogP contribution is 2.43. The number of carbonyl (C=O) groups excluding carboxylic acids is 4. The molecule has 0 unspecified atom stereocenters. The highest BCUT2D eigenvalue weighted by molar-refractivity contribution is 5.91. The number of H-pyrrole nitrogens is 2. The lowest BCUT2D eigenvalue weighted by atomic mass is 9.74. The molecule has 3 heterocycles. The normalized spacial score (nSPS) is 15.5. The molecule has 326 valence electrons. The van der Waals surface area contributed by atoms with Crippen molar-refractivity contribution < 1.29 is 28.7 Å². The highest BCUT2D eigenvalue weighted by Gasteiger charge is 2.40. The molecular weight excluding hydrogens is 783 g/mol. The molecule has 5 N–H and O–H groups in total. The third-order valence-electron chi connectivity index (χ3n) is 12.0. The molecule has 1 spiro atoms. The van der Waals surface area contributed by atoms with E-state index < -0.39 is 41.1 Å². The number of aromatic nitrogens is 3. The van der Waals surface area contributed by atoms with Gasteiger partial charge >= 0.3 is 18.1 Å². The number of carbonyl (C=O) groups is 4. The summed E-state index contributed by atoms with van der Waals surface area (Å²) in [6.07, 6.45) is 11.1. The summed E-state index contributed by atoms with van der Waals surface area (Å²) in [5.74, 6) is -0.423. The summed E-state index contributed by atoms with van der Waals surface area (Å²) in [7, 11) is 0. The van der Waals surface area contributed by atoms with E-state index in [9.17, 15) is 19.2 Å². The molecule has 5 aromatic rings. The molecule has 2 aromatic heterocycles. The van der Waals surface area contributed by atoms with Crippen LogP contribution in [0.3, 0.4) is 0 Å². The number of hydrogen-bond donors (Lipinski definition) is 5. The Bertz CT molecular complexity index is 2390. The lowest BCUT2D eigenvalue weighted by Crippen LogP contribution is -2.50. The summed E-state index contributed by atoms with van der Waals surface area (Å²) >= 11 is 0. The number of likely N-dealkylation sites (tertiary alicyclic amines) is 1. The van der Waals surface area contributed by atoms with Crippen LogP contribution >= 0.6 is 0 Å². The number of nitrogens with zero attached hydrogens (tertiary/aromatic N) is 2. The molecule has 2 aliphatic rings. The fourth-order valence-corrected chi connectivity index (χ4v) is 8.31. The second kappa shape index (κ2) is 18.7. The predicted molar refractivity (Wildman–Crippen MR) is 239 cm³/mol. The first-order valence-electron chi connectivity index (χ1n) is 21.6. The van der Waals surface area contributed by atoms with Crippen molar-refractivity contribution in [2.75, 3.05) is 19.6 Å². The van der Waals surface area contributed by atoms with E-state index in [-0.39, 0.29) is 18.1 Å². The van der Waals surface area contributed by atoms with Crippen molar-refractivity contribution in [3.63, 3.8) is 0 Å². The molecule has 0 bridgehead atoms. The van der Waals surface area contributed by atoms with Crippen molar-refractivity contribution in [1.29, 1.82) is 0 Å². The number of hydrogen-bond acceptors (Lipinski definition) is 7. The molecule has 2 atom stereocenters. The maximum Gasteiger partial charge on any atom is 0.407 e. The molecule has 1 aliphatic heterocycles. The van der Waals surface area contributed by atoms with Crippen molar-refractivity contribution in [1.82, 2.24) is 35.8 Å². The maximum atomic E-state index is 14.1. The van der Waals surface area contributed by atoms with Crippen LogP contribution in [0.4, 0.5) is 9.59 Å². The Morgan fingerprint density at radius 3 is 2.39 bits per heavy atom. The van der Waals surface area contributed by atoms with E-state index in [0.717, 1.165) is 34.9 Å². The number of ether oxygens (including phenoxy) is 2. The number of esters is 1. The second-order valence-corrected chi connectivity index (χ2v) is 18.0. The molecule has 4 amide bonds. The Morgan fingerprint density at radius 2 is 1.61 bits per heavy atom.